The fraction of sp³-hybridized carbons (Fsp3) is 0.333. The molecule has 0 amide bonds. The second-order valence-electron chi connectivity index (χ2n) is 3.30. The molecule has 80 valence electrons. The van der Waals surface area contributed by atoms with Crippen LogP contribution in [0.5, 0.6) is 0 Å². The largest absolute Gasteiger partial charge is 0.481 e. The molecule has 0 spiro atoms. The predicted octanol–water partition coefficient (Wildman–Crippen LogP) is 2.44. The zero-order valence-electron chi connectivity index (χ0n) is 8.60. The van der Waals surface area contributed by atoms with Crippen molar-refractivity contribution in [2.45, 2.75) is 25.7 Å². The van der Waals surface area contributed by atoms with Crippen LogP contribution in [0.1, 0.15) is 24.8 Å². The van der Waals surface area contributed by atoms with Gasteiger partial charge in [0.15, 0.2) is 0 Å². The van der Waals surface area contributed by atoms with Gasteiger partial charge in [0.2, 0.25) is 0 Å². The number of carboxylic acid groups (broad SMARTS) is 1. The number of aliphatic carboxylic acids is 1. The monoisotopic (exact) mass is 205 g/mol. The summed E-state index contributed by atoms with van der Waals surface area (Å²) in [7, 11) is 0. The Morgan fingerprint density at radius 1 is 1.40 bits per heavy atom. The average Bonchev–Trinajstić information content (AvgIpc) is 2.24. The number of hydrogen-bond donors (Lipinski definition) is 1. The Labute approximate surface area is 89.5 Å². The van der Waals surface area contributed by atoms with Crippen molar-refractivity contribution >= 4 is 5.97 Å². The van der Waals surface area contributed by atoms with E-state index in [1.54, 1.807) is 6.20 Å². The van der Waals surface area contributed by atoms with Crippen LogP contribution < -0.4 is 0 Å². The van der Waals surface area contributed by atoms with Crippen LogP contribution in [0.4, 0.5) is 0 Å². The van der Waals surface area contributed by atoms with Gasteiger partial charge in [0, 0.05) is 18.8 Å². The van der Waals surface area contributed by atoms with Crippen molar-refractivity contribution in [1.29, 1.82) is 0 Å². The quantitative estimate of drug-likeness (QED) is 0.725. The van der Waals surface area contributed by atoms with Crippen molar-refractivity contribution in [1.82, 2.24) is 4.98 Å². The van der Waals surface area contributed by atoms with Gasteiger partial charge in [0.1, 0.15) is 0 Å². The Morgan fingerprint density at radius 3 is 2.87 bits per heavy atom. The second-order valence-corrected chi connectivity index (χ2v) is 3.30. The molecule has 1 aromatic rings. The molecule has 1 rings (SSSR count). The maximum atomic E-state index is 10.2. The minimum Gasteiger partial charge on any atom is -0.481 e. The van der Waals surface area contributed by atoms with Crippen LogP contribution in [0.3, 0.4) is 0 Å². The van der Waals surface area contributed by atoms with Crippen molar-refractivity contribution in [2.75, 3.05) is 0 Å². The summed E-state index contributed by atoms with van der Waals surface area (Å²) in [5.74, 6) is -0.744. The van der Waals surface area contributed by atoms with E-state index in [2.05, 4.69) is 4.98 Å². The zero-order chi connectivity index (χ0) is 10.9. The molecule has 0 aromatic carbocycles. The Balaban J connectivity index is 2.14. The second kappa shape index (κ2) is 6.76. The third-order valence-corrected chi connectivity index (χ3v) is 2.01. The maximum Gasteiger partial charge on any atom is 0.303 e. The van der Waals surface area contributed by atoms with Crippen molar-refractivity contribution in [3.63, 3.8) is 0 Å². The molecule has 1 aromatic heterocycles. The molecule has 0 unspecified atom stereocenters. The predicted molar refractivity (Wildman–Crippen MR) is 58.6 cm³/mol. The molecule has 3 heteroatoms. The van der Waals surface area contributed by atoms with Crippen LogP contribution in [0.2, 0.25) is 0 Å². The molecule has 0 fully saturated rings. The highest BCUT2D eigenvalue weighted by atomic mass is 16.4. The van der Waals surface area contributed by atoms with E-state index in [1.165, 1.54) is 5.56 Å². The molecule has 1 heterocycles. The number of pyridine rings is 1. The van der Waals surface area contributed by atoms with E-state index in [-0.39, 0.29) is 6.42 Å². The Kier molecular flexibility index (Phi) is 5.15. The van der Waals surface area contributed by atoms with Gasteiger partial charge in [-0.1, -0.05) is 18.2 Å². The molecule has 15 heavy (non-hydrogen) atoms. The Hall–Kier alpha value is -1.64. The van der Waals surface area contributed by atoms with Gasteiger partial charge < -0.3 is 5.11 Å². The van der Waals surface area contributed by atoms with Gasteiger partial charge in [-0.15, -0.1) is 0 Å². The molecule has 0 radical (unpaired) electrons. The zero-order valence-corrected chi connectivity index (χ0v) is 8.60. The van der Waals surface area contributed by atoms with Crippen LogP contribution in [0, 0.1) is 0 Å². The molecule has 0 aliphatic rings. The van der Waals surface area contributed by atoms with Gasteiger partial charge in [0.05, 0.1) is 0 Å². The molecule has 0 aliphatic carbocycles. The summed E-state index contributed by atoms with van der Waals surface area (Å²) in [6.45, 7) is 0. The van der Waals surface area contributed by atoms with Crippen LogP contribution in [-0.2, 0) is 11.2 Å². The number of aromatic nitrogens is 1. The summed E-state index contributed by atoms with van der Waals surface area (Å²) < 4.78 is 0. The lowest BCUT2D eigenvalue weighted by Gasteiger charge is -1.95. The van der Waals surface area contributed by atoms with E-state index >= 15 is 0 Å². The molecule has 3 nitrogen and oxygen atoms in total. The van der Waals surface area contributed by atoms with Gasteiger partial charge in [0.25, 0.3) is 0 Å². The molecular weight excluding hydrogens is 190 g/mol. The van der Waals surface area contributed by atoms with E-state index < -0.39 is 5.97 Å². The first-order valence-electron chi connectivity index (χ1n) is 5.05. The third-order valence-electron chi connectivity index (χ3n) is 2.01. The van der Waals surface area contributed by atoms with E-state index in [1.807, 2.05) is 30.5 Å². The van der Waals surface area contributed by atoms with Crippen molar-refractivity contribution < 1.29 is 9.90 Å². The van der Waals surface area contributed by atoms with Crippen molar-refractivity contribution in [2.24, 2.45) is 0 Å². The van der Waals surface area contributed by atoms with Crippen molar-refractivity contribution in [3.05, 3.63) is 42.2 Å². The summed E-state index contributed by atoms with van der Waals surface area (Å²) >= 11 is 0. The number of rotatable bonds is 6. The summed E-state index contributed by atoms with van der Waals surface area (Å²) in [4.78, 5) is 14.2. The van der Waals surface area contributed by atoms with Gasteiger partial charge in [-0.25, -0.2) is 0 Å². The number of aryl methyl sites for hydroxylation is 1. The van der Waals surface area contributed by atoms with Gasteiger partial charge in [-0.2, -0.15) is 0 Å². The molecular formula is C12H15NO2. The third kappa shape index (κ3) is 5.62. The fourth-order valence-electron chi connectivity index (χ4n) is 1.24. The highest BCUT2D eigenvalue weighted by Gasteiger charge is 1.92. The standard InChI is InChI=1S/C12H15NO2/c14-12(15)8-4-2-1-3-6-11-7-5-9-13-10-11/h1-2,5,7,9-10H,3-4,6,8H2,(H,14,15)/b2-1+. The highest BCUT2D eigenvalue weighted by molar-refractivity contribution is 5.66. The lowest BCUT2D eigenvalue weighted by Crippen LogP contribution is -1.91. The maximum absolute atomic E-state index is 10.2. The molecule has 0 saturated carbocycles. The first kappa shape index (κ1) is 11.4. The van der Waals surface area contributed by atoms with Gasteiger partial charge in [-0.05, 0) is 30.9 Å². The molecule has 0 atom stereocenters. The molecule has 0 bridgehead atoms. The SMILES string of the molecule is O=C(O)CC/C=C/CCc1cccnc1. The van der Waals surface area contributed by atoms with E-state index in [4.69, 9.17) is 5.11 Å². The van der Waals surface area contributed by atoms with Crippen molar-refractivity contribution in [3.8, 4) is 0 Å². The Morgan fingerprint density at radius 2 is 2.20 bits per heavy atom. The molecule has 0 aliphatic heterocycles. The van der Waals surface area contributed by atoms with E-state index in [9.17, 15) is 4.79 Å². The smallest absolute Gasteiger partial charge is 0.303 e. The minimum absolute atomic E-state index is 0.212. The fourth-order valence-corrected chi connectivity index (χ4v) is 1.24. The Bertz CT molecular complexity index is 320. The van der Waals surface area contributed by atoms with E-state index in [0.29, 0.717) is 6.42 Å². The minimum atomic E-state index is -0.744. The first-order valence-corrected chi connectivity index (χ1v) is 5.05. The lowest BCUT2D eigenvalue weighted by atomic mass is 10.1. The van der Waals surface area contributed by atoms with Gasteiger partial charge >= 0.3 is 5.97 Å². The van der Waals surface area contributed by atoms with Gasteiger partial charge in [-0.3, -0.25) is 9.78 Å². The summed E-state index contributed by atoms with van der Waals surface area (Å²) in [6.07, 6.45) is 10.3. The topological polar surface area (TPSA) is 50.2 Å². The van der Waals surface area contributed by atoms with Crippen LogP contribution >= 0.6 is 0 Å². The first-order chi connectivity index (χ1) is 7.29. The number of nitrogens with zero attached hydrogens (tertiary/aromatic N) is 1. The van der Waals surface area contributed by atoms with E-state index in [0.717, 1.165) is 12.8 Å². The van der Waals surface area contributed by atoms with Crippen LogP contribution in [0.15, 0.2) is 36.7 Å². The number of carbonyl (C=O) groups is 1. The normalized spacial score (nSPS) is 10.7. The average molecular weight is 205 g/mol. The lowest BCUT2D eigenvalue weighted by molar-refractivity contribution is -0.136. The summed E-state index contributed by atoms with van der Waals surface area (Å²) in [5, 5.41) is 8.41. The number of allylic oxidation sites excluding steroid dienone is 2. The summed E-state index contributed by atoms with van der Waals surface area (Å²) in [6, 6.07) is 3.96. The number of hydrogen-bond acceptors (Lipinski definition) is 2. The highest BCUT2D eigenvalue weighted by Crippen LogP contribution is 2.01. The van der Waals surface area contributed by atoms with Crippen LogP contribution in [-0.4, -0.2) is 16.1 Å². The number of carboxylic acids is 1. The van der Waals surface area contributed by atoms with Crippen LogP contribution in [0.25, 0.3) is 0 Å². The molecule has 1 N–H and O–H groups in total. The molecule has 0 saturated heterocycles. The summed E-state index contributed by atoms with van der Waals surface area (Å²) in [5.41, 5.74) is 1.21.